The first-order valence-electron chi connectivity index (χ1n) is 52.8. The molecule has 0 saturated carbocycles. The van der Waals surface area contributed by atoms with E-state index in [0.29, 0.717) is 79.8 Å². The average Bonchev–Trinajstić information content (AvgIpc) is 1.15. The first-order valence-corrected chi connectivity index (χ1v) is 56.5. The normalized spacial score (nSPS) is 19.6. The van der Waals surface area contributed by atoms with Gasteiger partial charge in [-0.15, -0.1) is 22.7 Å². The molecule has 2 unspecified atom stereocenters. The summed E-state index contributed by atoms with van der Waals surface area (Å²) in [6.07, 6.45) is 29.6. The highest BCUT2D eigenvalue weighted by Gasteiger charge is 2.42. The summed E-state index contributed by atoms with van der Waals surface area (Å²) < 4.78 is 27.2. The van der Waals surface area contributed by atoms with E-state index >= 15 is 0 Å². The molecule has 1 amide bonds. The van der Waals surface area contributed by atoms with Gasteiger partial charge >= 0.3 is 0 Å². The van der Waals surface area contributed by atoms with Crippen LogP contribution in [0.15, 0.2) is 151 Å². The predicted octanol–water partition coefficient (Wildman–Crippen LogP) is 22.0. The van der Waals surface area contributed by atoms with E-state index in [-0.39, 0.29) is 57.3 Å². The molecule has 9 aliphatic rings. The highest BCUT2D eigenvalue weighted by Crippen LogP contribution is 2.51. The van der Waals surface area contributed by atoms with Gasteiger partial charge in [-0.05, 0) is 362 Å². The first-order chi connectivity index (χ1) is 68.2. The van der Waals surface area contributed by atoms with Gasteiger partial charge in [0.2, 0.25) is 15.9 Å². The van der Waals surface area contributed by atoms with Crippen LogP contribution in [0.4, 0.5) is 10.8 Å². The highest BCUT2D eigenvalue weighted by atomic mass is 35.5. The smallest absolute Gasteiger partial charge is 0.228 e. The molecule has 12 N–H and O–H groups in total. The Labute approximate surface area is 853 Å². The average molecular weight is 2000 g/mol. The second-order valence-electron chi connectivity index (χ2n) is 40.1. The quantitative estimate of drug-likeness (QED) is 0.0194. The molecule has 6 heterocycles. The number of hydrogen-bond acceptors (Lipinski definition) is 21. The van der Waals surface area contributed by atoms with Crippen LogP contribution < -0.4 is 16.4 Å². The Bertz CT molecular complexity index is 5780. The Kier molecular flexibility index (Phi) is 41.0. The lowest BCUT2D eigenvalue weighted by Gasteiger charge is -2.47. The lowest BCUT2D eigenvalue weighted by Crippen LogP contribution is -2.53. The largest absolute Gasteiger partial charge is 0.508 e. The summed E-state index contributed by atoms with van der Waals surface area (Å²) in [7, 11) is -1.05. The number of hydrogen-bond donors (Lipinski definition) is 11. The van der Waals surface area contributed by atoms with Crippen LogP contribution in [0.3, 0.4) is 0 Å². The third kappa shape index (κ3) is 28.3. The predicted molar refractivity (Wildman–Crippen MR) is 580 cm³/mol. The molecule has 5 aliphatic carbocycles. The Morgan fingerprint density at radius 3 is 1.82 bits per heavy atom. The fourth-order valence-electron chi connectivity index (χ4n) is 23.3. The van der Waals surface area contributed by atoms with E-state index in [1.54, 1.807) is 46.0 Å². The van der Waals surface area contributed by atoms with E-state index in [1.807, 2.05) is 85.8 Å². The number of nitrogens with zero attached hydrogens (tertiary/aromatic N) is 7. The van der Waals surface area contributed by atoms with E-state index in [0.717, 1.165) is 185 Å². The minimum atomic E-state index is -3.21. The molecule has 19 rings (SSSR count). The lowest BCUT2D eigenvalue weighted by molar-refractivity contribution is -0.115. The molecule has 8 atom stereocenters. The van der Waals surface area contributed by atoms with Crippen molar-refractivity contribution in [3.05, 3.63) is 249 Å². The van der Waals surface area contributed by atoms with Crippen molar-refractivity contribution in [1.29, 1.82) is 0 Å². The molecule has 764 valence electrons. The number of piperidine rings is 1. The summed E-state index contributed by atoms with van der Waals surface area (Å²) in [5, 5.41) is 88.7. The number of fused-ring (bicyclic) bond motifs is 9. The van der Waals surface area contributed by atoms with Crippen molar-refractivity contribution < 1.29 is 54.1 Å². The van der Waals surface area contributed by atoms with Gasteiger partial charge in [-0.3, -0.25) is 19.5 Å². The maximum absolute atomic E-state index is 12.8. The summed E-state index contributed by atoms with van der Waals surface area (Å²) in [6.45, 7) is 33.1. The Hall–Kier alpha value is -9.28. The fraction of sp³-hybridized carbons (Fsp3) is 0.517. The van der Waals surface area contributed by atoms with Crippen LogP contribution in [0.1, 0.15) is 251 Å². The minimum absolute atomic E-state index is 0.00657. The lowest BCUT2D eigenvalue weighted by atomic mass is 9.72. The highest BCUT2D eigenvalue weighted by molar-refractivity contribution is 7.89. The van der Waals surface area contributed by atoms with Crippen molar-refractivity contribution in [2.75, 3.05) is 115 Å². The van der Waals surface area contributed by atoms with Gasteiger partial charge in [-0.1, -0.05) is 184 Å². The van der Waals surface area contributed by atoms with Crippen LogP contribution >= 0.6 is 34.3 Å². The molecule has 1 fully saturated rings. The zero-order valence-corrected chi connectivity index (χ0v) is 88.6. The number of halogens is 1. The number of carbonyl (C=O) groups excluding carboxylic acids is 1. The number of unbranched alkanes of at least 4 members (excludes halogenated alkanes) is 1. The van der Waals surface area contributed by atoms with E-state index in [1.165, 1.54) is 169 Å². The summed E-state index contributed by atoms with van der Waals surface area (Å²) >= 11 is 9.74. The molecule has 0 radical (unpaired) electrons. The minimum Gasteiger partial charge on any atom is -0.508 e. The molecule has 0 bridgehead atoms. The molecule has 8 aromatic carbocycles. The molecular formula is C116H159ClN10O11S3. The summed E-state index contributed by atoms with van der Waals surface area (Å²) in [4.78, 5) is 31.5. The Balaban J connectivity index is 0.000000139. The molecule has 1 saturated heterocycles. The number of aryl methyl sites for hydroxylation is 1. The van der Waals surface area contributed by atoms with Gasteiger partial charge in [0.1, 0.15) is 23.0 Å². The molecule has 2 aromatic heterocycles. The second-order valence-corrected chi connectivity index (χ2v) is 44.6. The van der Waals surface area contributed by atoms with Crippen molar-refractivity contribution in [2.45, 2.75) is 266 Å². The summed E-state index contributed by atoms with van der Waals surface area (Å²) in [6, 6.07) is 48.9. The van der Waals surface area contributed by atoms with Gasteiger partial charge in [-0.25, -0.2) is 17.7 Å². The zero-order chi connectivity index (χ0) is 100. The molecule has 0 spiro atoms. The van der Waals surface area contributed by atoms with Crippen LogP contribution in [-0.4, -0.2) is 212 Å². The van der Waals surface area contributed by atoms with Gasteiger partial charge in [0.05, 0.1) is 22.9 Å². The van der Waals surface area contributed by atoms with Crippen molar-refractivity contribution >= 4 is 61.0 Å². The first kappa shape index (κ1) is 109. The summed E-state index contributed by atoms with van der Waals surface area (Å²) in [5.41, 5.74) is 26.4. The third-order valence-corrected chi connectivity index (χ3v) is 34.8. The van der Waals surface area contributed by atoms with Crippen LogP contribution in [0.25, 0.3) is 11.1 Å². The number of thiophene rings is 1. The van der Waals surface area contributed by atoms with Crippen LogP contribution in [0, 0.1) is 17.8 Å². The Morgan fingerprint density at radius 1 is 0.560 bits per heavy atom. The van der Waals surface area contributed by atoms with Gasteiger partial charge in [0.25, 0.3) is 0 Å². The standard InChI is InChI=1S/C21H34N2O3S.C19H25NOS.C17H17NO2.C16H16ClNO3.C16H24N2O.C16H25NO.C11H18N2S/c1-4-10-22-14-16(15-27(25,26)23(5-2)6-3)11-18-12-19-17(13-20(18)22)8-7-9-21(19)24;1-2-11-20(12-10-17-6-4-13-22-17)16-8-9-18-15(14-16)5-3-7-19(18)21;1-18-8-7-10-3-2-4-12-15(10)13(18)9-11-5-6-14(19)17(20)16(11)12;17-15-11-5-6-18-8-13(9-1-3-10(19)4-2-9)12(11)7-14(20)16(15)21;1-3-9-18(10-4-2)11-8-13-6-5-7-15-14(13)12-16(19)17-15;1-3-10-17(11-4-2)14-8-9-15-13(12-14)6-5-7-16(15)18;1-2-3-4-8-5-6-9-10(7-8)14-11(12)13-9/h7-9,16,18,20,24H,4-6,10-15H2,1-3H3;3-7,13,16,21H,2,8-12,14H2,1H3;2-6,13,19-20H,7-9H2,1H3;1-4,7,13,18-21H,5-6,8H2;5-7H,3-4,8-12H2,1-2H3,(H,17,19);5-7,14,18H,3-4,8-12H2,1-2H3;8H,2-7H2,1H3,(H2,12,13)/t16-,18+,20+;16-;13-;;;;8-/m001...0/s1. The van der Waals surface area contributed by atoms with Crippen LogP contribution in [0.2, 0.25) is 5.02 Å². The maximum atomic E-state index is 12.8. The van der Waals surface area contributed by atoms with Crippen molar-refractivity contribution in [2.24, 2.45) is 17.8 Å². The van der Waals surface area contributed by atoms with Crippen molar-refractivity contribution in [3.8, 4) is 57.1 Å². The number of phenolic OH excluding ortho intramolecular Hbond substituents is 8. The fourth-order valence-corrected chi connectivity index (χ4v) is 27.2. The van der Waals surface area contributed by atoms with E-state index in [4.69, 9.17) is 17.3 Å². The molecule has 25 heteroatoms. The van der Waals surface area contributed by atoms with Crippen molar-refractivity contribution in [1.82, 2.24) is 39.1 Å². The van der Waals surface area contributed by atoms with Gasteiger partial charge in [0.15, 0.2) is 28.1 Å². The number of likely N-dealkylation sites (N-methyl/N-ethyl adjacent to an activating group) is 1. The zero-order valence-electron chi connectivity index (χ0n) is 85.4. The van der Waals surface area contributed by atoms with Gasteiger partial charge in [-0.2, -0.15) is 0 Å². The number of thiazole rings is 1. The number of aromatic nitrogens is 1. The number of nitrogens with one attached hydrogen (secondary N) is 2. The number of nitrogen functional groups attached to an aromatic ring is 1. The van der Waals surface area contributed by atoms with Gasteiger partial charge < -0.3 is 67.0 Å². The number of nitrogens with two attached hydrogens (primary N) is 1. The van der Waals surface area contributed by atoms with Crippen LogP contribution in [-0.2, 0) is 105 Å². The number of phenols is 8. The number of sulfonamides is 1. The topological polar surface area (TPSA) is 295 Å². The number of carbonyl (C=O) groups is 1. The van der Waals surface area contributed by atoms with Gasteiger partial charge in [0, 0.05) is 96.9 Å². The molecule has 4 aliphatic heterocycles. The number of anilines is 2. The second kappa shape index (κ2) is 53.0. The molecule has 10 aromatic rings. The van der Waals surface area contributed by atoms with E-state index in [2.05, 4.69) is 156 Å². The monoisotopic (exact) mass is 2000 g/mol. The maximum Gasteiger partial charge on any atom is 0.228 e. The number of aromatic hydroxyl groups is 8. The number of rotatable bonds is 29. The van der Waals surface area contributed by atoms with E-state index in [9.17, 15) is 54.1 Å². The van der Waals surface area contributed by atoms with Crippen LogP contribution in [0.5, 0.6) is 46.0 Å². The number of likely N-dealkylation sites (tertiary alicyclic amines) is 1. The molecule has 141 heavy (non-hydrogen) atoms. The van der Waals surface area contributed by atoms with E-state index < -0.39 is 10.0 Å². The Morgan fingerprint density at radius 2 is 1.19 bits per heavy atom. The summed E-state index contributed by atoms with van der Waals surface area (Å²) in [5.74, 6) is 2.94. The van der Waals surface area contributed by atoms with Crippen molar-refractivity contribution in [3.63, 3.8) is 0 Å². The molecule has 21 nitrogen and oxygen atoms in total. The molecular weight excluding hydrogens is 1840 g/mol. The number of amides is 1. The number of benzene rings is 8. The third-order valence-electron chi connectivity index (χ3n) is 30.3. The SMILES string of the molecule is CCCC[C@H]1CCc2nc(N)sc2C1.CCCN(CCC)C1CCc2c(O)cccc2C1.CCCN(CCC)CCc1cccc2c1CC(=O)N2.CCCN(CCc1cccs1)[C@H]1CCc2c(O)cccc2C1.CCCN1C[C@@H](CS(=O)(=O)N(CC)CC)C[C@@H]2Cc3c(O)cccc3C[C@H]21.CN1CCc2cccc3c2[C@H]1Cc1ccc(O)c(O)c1-3.Oc1ccc(C2CNCCc3c2cc(O)c(O)c3Cl)cc1.